The Balaban J connectivity index is 0.000000157. The minimum absolute atomic E-state index is 0. The summed E-state index contributed by atoms with van der Waals surface area (Å²) >= 11 is 1.36. The van der Waals surface area contributed by atoms with Gasteiger partial charge in [0.1, 0.15) is 0 Å². The molecule has 0 bridgehead atoms. The minimum atomic E-state index is 0. The third kappa shape index (κ3) is 9.51. The van der Waals surface area contributed by atoms with E-state index in [1.807, 2.05) is 0 Å². The fourth-order valence-electron chi connectivity index (χ4n) is 13.4. The molecule has 404 valence electrons. The van der Waals surface area contributed by atoms with E-state index in [0.717, 1.165) is 0 Å². The van der Waals surface area contributed by atoms with E-state index in [0.29, 0.717) is 11.8 Å². The molecule has 0 unspecified atom stereocenters. The van der Waals surface area contributed by atoms with Gasteiger partial charge in [-0.2, -0.15) is 12.1 Å². The van der Waals surface area contributed by atoms with Crippen molar-refractivity contribution < 1.29 is 23.3 Å². The van der Waals surface area contributed by atoms with Gasteiger partial charge in [0.25, 0.3) is 0 Å². The van der Waals surface area contributed by atoms with Gasteiger partial charge in [-0.25, -0.2) is 0 Å². The molecule has 0 amide bonds. The van der Waals surface area contributed by atoms with Crippen molar-refractivity contribution in [2.45, 2.75) is 39.5 Å². The van der Waals surface area contributed by atoms with Crippen molar-refractivity contribution in [3.63, 3.8) is 0 Å². The zero-order chi connectivity index (χ0) is 55.6. The number of hydrogen-bond acceptors (Lipinski definition) is 0. The van der Waals surface area contributed by atoms with Gasteiger partial charge in [-0.3, -0.25) is 0 Å². The molecule has 0 aromatic heterocycles. The first kappa shape index (κ1) is 56.0. The van der Waals surface area contributed by atoms with Crippen LogP contribution in [0.2, 0.25) is 0 Å². The van der Waals surface area contributed by atoms with Crippen molar-refractivity contribution in [3.8, 4) is 44.5 Å². The Bertz CT molecular complexity index is 4310. The van der Waals surface area contributed by atoms with Crippen LogP contribution in [0.4, 0.5) is 0 Å². The third-order valence-corrected chi connectivity index (χ3v) is 17.3. The van der Waals surface area contributed by atoms with Crippen LogP contribution in [0.25, 0.3) is 152 Å². The molecule has 84 heavy (non-hydrogen) atoms. The monoisotopic (exact) mass is 1170 g/mol. The fraction of sp³-hybridized carbons (Fsp3) is 0.0732. The number of fused-ring (bicyclic) bond motifs is 10. The zero-order valence-electron chi connectivity index (χ0n) is 48.6. The van der Waals surface area contributed by atoms with Gasteiger partial charge >= 0.3 is 30.2 Å². The Morgan fingerprint density at radius 1 is 0.250 bits per heavy atom. The molecule has 0 saturated heterocycles. The van der Waals surface area contributed by atoms with Gasteiger partial charge in [-0.1, -0.05) is 268 Å². The summed E-state index contributed by atoms with van der Waals surface area (Å²) in [5.41, 5.74) is 13.3. The molecule has 0 N–H and O–H groups in total. The summed E-state index contributed by atoms with van der Waals surface area (Å²) < 4.78 is 0. The molecule has 16 rings (SSSR count). The van der Waals surface area contributed by atoms with Crippen molar-refractivity contribution in [1.29, 1.82) is 0 Å². The Labute approximate surface area is 511 Å². The summed E-state index contributed by atoms with van der Waals surface area (Å²) in [4.78, 5) is 0. The summed E-state index contributed by atoms with van der Waals surface area (Å²) in [5, 5.41) is 26.0. The zero-order valence-corrected chi connectivity index (χ0v) is 52.0. The van der Waals surface area contributed by atoms with E-state index >= 15 is 0 Å². The van der Waals surface area contributed by atoms with Gasteiger partial charge in [-0.05, 0) is 145 Å². The van der Waals surface area contributed by atoms with Crippen molar-refractivity contribution in [2.24, 2.45) is 0 Å². The average Bonchev–Trinajstić information content (AvgIpc) is 4.38. The van der Waals surface area contributed by atoms with Crippen LogP contribution >= 0.6 is 0 Å². The van der Waals surface area contributed by atoms with Crippen molar-refractivity contribution in [2.75, 3.05) is 0 Å². The Morgan fingerprint density at radius 3 is 0.655 bits per heavy atom. The molecule has 2 heteroatoms. The van der Waals surface area contributed by atoms with Gasteiger partial charge in [0.15, 0.2) is 0 Å². The Kier molecular flexibility index (Phi) is 15.5. The summed E-state index contributed by atoms with van der Waals surface area (Å²) in [5.74, 6) is 0.892. The second-order valence-electron chi connectivity index (χ2n) is 22.6. The molecule has 16 aromatic carbocycles. The SMILES string of the molecule is CC(C)c1cc2c(-c3c4ccccc4cc4ccccc34)ccc(-c3c4ccccc4cc4ccccc34)c2[cH-]1.CC(C)c1cc2c(-c3c4ccccc4cc4ccccc34)ccc(-c3c4ccccc4cc4ccccc34)c2[cH-]1.[CH3-].[CH3-].[Si]=[Zr]. The van der Waals surface area contributed by atoms with Crippen LogP contribution in [-0.4, -0.2) is 6.88 Å². The van der Waals surface area contributed by atoms with Gasteiger partial charge in [0.2, 0.25) is 0 Å². The molecule has 0 aliphatic heterocycles. The predicted molar refractivity (Wildman–Crippen MR) is 368 cm³/mol. The van der Waals surface area contributed by atoms with Gasteiger partial charge in [0.05, 0.1) is 0 Å². The molecule has 0 aliphatic carbocycles. The maximum absolute atomic E-state index is 3.06. The van der Waals surface area contributed by atoms with Crippen LogP contribution in [0, 0.1) is 14.9 Å². The van der Waals surface area contributed by atoms with Crippen LogP contribution < -0.4 is 0 Å². The Hall–Kier alpha value is -8.52. The van der Waals surface area contributed by atoms with Crippen molar-refractivity contribution in [3.05, 3.63) is 293 Å². The second kappa shape index (κ2) is 23.3. The fourth-order valence-corrected chi connectivity index (χ4v) is 13.4. The van der Waals surface area contributed by atoms with Crippen LogP contribution in [0.1, 0.15) is 50.7 Å². The molecule has 16 aromatic rings. The van der Waals surface area contributed by atoms with E-state index in [1.165, 1.54) is 187 Å². The van der Waals surface area contributed by atoms with Crippen molar-refractivity contribution >= 4 is 115 Å². The summed E-state index contributed by atoms with van der Waals surface area (Å²) in [6.07, 6.45) is 0. The Morgan fingerprint density at radius 2 is 0.440 bits per heavy atom. The van der Waals surface area contributed by atoms with E-state index in [1.54, 1.807) is 0 Å². The quantitative estimate of drug-likeness (QED) is 0.0884. The van der Waals surface area contributed by atoms with Crippen LogP contribution in [-0.2, 0) is 23.3 Å². The first-order chi connectivity index (χ1) is 40.3. The van der Waals surface area contributed by atoms with E-state index < -0.39 is 0 Å². The first-order valence-corrected chi connectivity index (χ1v) is 32.9. The van der Waals surface area contributed by atoms with E-state index in [4.69, 9.17) is 0 Å². The molecular weight excluding hydrogens is 1100 g/mol. The normalized spacial score (nSPS) is 11.4. The summed E-state index contributed by atoms with van der Waals surface area (Å²) in [7, 11) is 0. The van der Waals surface area contributed by atoms with Crippen LogP contribution in [0.5, 0.6) is 0 Å². The molecule has 0 fully saturated rings. The summed E-state index contributed by atoms with van der Waals surface area (Å²) in [6, 6.07) is 99.2. The standard InChI is InChI=1S/2C40H29.2CH3.Si.Zr/c2*1-25(2)30-23-37-35(39-31-15-7-3-11-26(31)21-27-12-4-8-16-32(27)39)19-20-36(38(37)24-30)40-33-17-9-5-13-28(33)22-29-14-6-10-18-34(29)40;;;;/h2*3-25H,1-2H3;2*1H3;;/q4*-1;;. The molecule has 0 spiro atoms. The molecule has 0 aliphatic rings. The summed E-state index contributed by atoms with van der Waals surface area (Å²) in [6.45, 7) is 12.3. The second-order valence-corrected chi connectivity index (χ2v) is 22.6. The molecule has 0 saturated carbocycles. The van der Waals surface area contributed by atoms with E-state index in [2.05, 4.69) is 301 Å². The first-order valence-electron chi connectivity index (χ1n) is 28.7. The molecule has 0 atom stereocenters. The van der Waals surface area contributed by atoms with Crippen molar-refractivity contribution in [1.82, 2.24) is 0 Å². The topological polar surface area (TPSA) is 0 Å². The molecule has 0 nitrogen and oxygen atoms in total. The van der Waals surface area contributed by atoms with E-state index in [-0.39, 0.29) is 14.9 Å². The third-order valence-electron chi connectivity index (χ3n) is 17.3. The molecule has 0 heterocycles. The van der Waals surface area contributed by atoms with Gasteiger partial charge in [0, 0.05) is 0 Å². The van der Waals surface area contributed by atoms with Crippen LogP contribution in [0.3, 0.4) is 0 Å². The number of benzene rings is 14. The maximum atomic E-state index is 3.06. The molecular formula is C82H64SiZr-4. The molecule has 2 radical (unpaired) electrons. The average molecular weight is 1170 g/mol. The van der Waals surface area contributed by atoms with Gasteiger partial charge < -0.3 is 14.9 Å². The van der Waals surface area contributed by atoms with E-state index in [9.17, 15) is 0 Å². The predicted octanol–water partition coefficient (Wildman–Crippen LogP) is 23.8. The number of hydrogen-bond donors (Lipinski definition) is 0. The van der Waals surface area contributed by atoms with Crippen LogP contribution in [0.15, 0.2) is 267 Å². The number of rotatable bonds is 6. The van der Waals surface area contributed by atoms with Gasteiger partial charge in [-0.15, -0.1) is 44.8 Å².